The molecule has 0 aromatic heterocycles. The molecule has 1 heterocycles. The zero-order chi connectivity index (χ0) is 6.28. The molecule has 0 spiro atoms. The van der Waals surface area contributed by atoms with Crippen LogP contribution in [0.4, 0.5) is 4.20 Å². The number of rotatable bonds is 0. The molecule has 0 aliphatic carbocycles. The van der Waals surface area contributed by atoms with E-state index in [0.717, 1.165) is 5.82 Å². The van der Waals surface area contributed by atoms with Crippen LogP contribution in [0.25, 0.3) is 0 Å². The van der Waals surface area contributed by atoms with E-state index in [1.807, 2.05) is 0 Å². The van der Waals surface area contributed by atoms with Crippen molar-refractivity contribution in [3.63, 3.8) is 0 Å². The van der Waals surface area contributed by atoms with Gasteiger partial charge >= 0.3 is 50.0 Å². The first-order valence-corrected chi connectivity index (χ1v) is 4.99. The molecule has 1 rings (SSSR count). The van der Waals surface area contributed by atoms with Crippen molar-refractivity contribution in [2.75, 3.05) is 0 Å². The third kappa shape index (κ3) is 0.665. The molecule has 0 amide bonds. The van der Waals surface area contributed by atoms with Crippen LogP contribution in [-0.2, 0) is 0 Å². The topological polar surface area (TPSA) is 35.8 Å². The first kappa shape index (κ1) is 5.81. The second kappa shape index (κ2) is 1.15. The van der Waals surface area contributed by atoms with Gasteiger partial charge in [0.2, 0.25) is 0 Å². The van der Waals surface area contributed by atoms with Gasteiger partial charge in [0.05, 0.1) is 0 Å². The quantitative estimate of drug-likeness (QED) is 0.539. The van der Waals surface area contributed by atoms with Crippen molar-refractivity contribution in [3.8, 4) is 5.81 Å². The second-order valence-electron chi connectivity index (χ2n) is 1.51. The average molecular weight is 152 g/mol. The van der Waals surface area contributed by atoms with Gasteiger partial charge in [0.15, 0.2) is 0 Å². The van der Waals surface area contributed by atoms with Crippen LogP contribution in [0.2, 0.25) is 0 Å². The van der Waals surface area contributed by atoms with Crippen molar-refractivity contribution in [1.82, 2.24) is 5.09 Å². The summed E-state index contributed by atoms with van der Waals surface area (Å²) in [5.41, 5.74) is 0. The van der Waals surface area contributed by atoms with E-state index < -0.39 is 6.42 Å². The zero-order valence-corrected chi connectivity index (χ0v) is 5.46. The van der Waals surface area contributed by atoms with E-state index in [0.29, 0.717) is 0 Å². The minimum absolute atomic E-state index is 1.08. The van der Waals surface area contributed by atoms with Gasteiger partial charge in [-0.05, 0) is 0 Å². The van der Waals surface area contributed by atoms with Crippen LogP contribution in [0.15, 0.2) is 12.0 Å². The predicted molar refractivity (Wildman–Crippen MR) is 31.8 cm³/mol. The van der Waals surface area contributed by atoms with Crippen LogP contribution in [0.3, 0.4) is 0 Å². The van der Waals surface area contributed by atoms with Gasteiger partial charge in [0, 0.05) is 0 Å². The van der Waals surface area contributed by atoms with Crippen LogP contribution >= 0.6 is 17.7 Å². The molecule has 0 saturated carbocycles. The normalized spacial score (nSPS) is 32.4. The van der Waals surface area contributed by atoms with E-state index in [2.05, 4.69) is 5.09 Å². The molecular formula is C3H3ClFN2P. The molecule has 5 heteroatoms. The predicted octanol–water partition coefficient (Wildman–Crippen LogP) is 2.05. The van der Waals surface area contributed by atoms with Crippen LogP contribution in [0, 0.1) is 11.1 Å². The fraction of sp³-hybridized carbons (Fsp3) is 0. The van der Waals surface area contributed by atoms with E-state index >= 15 is 0 Å². The van der Waals surface area contributed by atoms with Crippen LogP contribution in [0.1, 0.15) is 0 Å². The van der Waals surface area contributed by atoms with E-state index in [9.17, 15) is 4.20 Å². The van der Waals surface area contributed by atoms with Gasteiger partial charge < -0.3 is 0 Å². The van der Waals surface area contributed by atoms with Crippen LogP contribution in [0.5, 0.6) is 0 Å². The third-order valence-corrected chi connectivity index (χ3v) is 3.35. The molecule has 8 heavy (non-hydrogen) atoms. The summed E-state index contributed by atoms with van der Waals surface area (Å²) in [6.07, 6.45) is -2.75. The molecule has 0 aromatic carbocycles. The van der Waals surface area contributed by atoms with E-state index in [1.165, 1.54) is 12.0 Å². The summed E-state index contributed by atoms with van der Waals surface area (Å²) < 4.78 is 12.7. The van der Waals surface area contributed by atoms with Crippen molar-refractivity contribution >= 4 is 17.7 Å². The van der Waals surface area contributed by atoms with Crippen molar-refractivity contribution in [2.24, 2.45) is 0 Å². The molecular weight excluding hydrogens is 149 g/mol. The number of nitrogens with zero attached hydrogens (tertiary/aromatic N) is 1. The first-order chi connectivity index (χ1) is 3.55. The molecule has 0 saturated heterocycles. The van der Waals surface area contributed by atoms with Gasteiger partial charge in [0.1, 0.15) is 0 Å². The van der Waals surface area contributed by atoms with E-state index in [4.69, 9.17) is 16.5 Å². The van der Waals surface area contributed by atoms with Gasteiger partial charge in [-0.1, -0.05) is 0 Å². The summed E-state index contributed by atoms with van der Waals surface area (Å²) in [7, 11) is 0. The molecule has 2 nitrogen and oxygen atoms in total. The number of nitrogens with one attached hydrogen (secondary N) is 1. The second-order valence-corrected chi connectivity index (χ2v) is 6.19. The average Bonchev–Trinajstić information content (AvgIpc) is 1.64. The van der Waals surface area contributed by atoms with Crippen molar-refractivity contribution in [2.45, 2.75) is 0 Å². The molecule has 0 aromatic rings. The Morgan fingerprint density at radius 3 is 2.38 bits per heavy atom. The molecule has 0 unspecified atom stereocenters. The Bertz CT molecular complexity index is 194. The summed E-state index contributed by atoms with van der Waals surface area (Å²) in [6.45, 7) is 0. The molecule has 0 atom stereocenters. The minimum atomic E-state index is -4.07. The SMILES string of the molecule is N#CP1(F)(Cl)C=CN1. The maximum atomic E-state index is 12.7. The van der Waals surface area contributed by atoms with Crippen molar-refractivity contribution in [1.29, 1.82) is 5.26 Å². The summed E-state index contributed by atoms with van der Waals surface area (Å²) in [5, 5.41) is 10.2. The van der Waals surface area contributed by atoms with Gasteiger partial charge in [-0.3, -0.25) is 0 Å². The fourth-order valence-electron chi connectivity index (χ4n) is 0.324. The summed E-state index contributed by atoms with van der Waals surface area (Å²) in [6, 6.07) is 0. The van der Waals surface area contributed by atoms with Gasteiger partial charge in [-0.2, -0.15) is 0 Å². The Kier molecular flexibility index (Phi) is 0.836. The Hall–Kier alpha value is -0.320. The van der Waals surface area contributed by atoms with Gasteiger partial charge in [0.25, 0.3) is 0 Å². The Morgan fingerprint density at radius 1 is 1.88 bits per heavy atom. The van der Waals surface area contributed by atoms with Gasteiger partial charge in [-0.15, -0.1) is 0 Å². The molecule has 0 fully saturated rings. The Morgan fingerprint density at radius 2 is 2.38 bits per heavy atom. The molecule has 0 bridgehead atoms. The molecule has 1 aliphatic rings. The number of halogens is 2. The first-order valence-electron chi connectivity index (χ1n) is 1.89. The summed E-state index contributed by atoms with van der Waals surface area (Å²) in [4.78, 5) is 0. The molecule has 44 valence electrons. The zero-order valence-electron chi connectivity index (χ0n) is 3.81. The van der Waals surface area contributed by atoms with Crippen LogP contribution in [-0.4, -0.2) is 0 Å². The number of hydrogen-bond donors (Lipinski definition) is 1. The number of hydrogen-bond acceptors (Lipinski definition) is 2. The van der Waals surface area contributed by atoms with Gasteiger partial charge in [-0.25, -0.2) is 0 Å². The molecule has 1 aliphatic heterocycles. The molecule has 0 radical (unpaired) electrons. The summed E-state index contributed by atoms with van der Waals surface area (Å²) in [5.74, 6) is 2.46. The monoisotopic (exact) mass is 152 g/mol. The summed E-state index contributed by atoms with van der Waals surface area (Å²) >= 11 is 5.15. The van der Waals surface area contributed by atoms with Crippen molar-refractivity contribution in [3.05, 3.63) is 12.0 Å². The fourth-order valence-corrected chi connectivity index (χ4v) is 1.31. The van der Waals surface area contributed by atoms with E-state index in [1.54, 1.807) is 0 Å². The third-order valence-electron chi connectivity index (χ3n) is 0.831. The maximum absolute atomic E-state index is 12.7. The van der Waals surface area contributed by atoms with E-state index in [-0.39, 0.29) is 0 Å². The Balaban J connectivity index is 2.98. The standard InChI is InChI=1S/C3H3ClFN2P/c4-8(5,3-6)2-1-7-8/h1-2,7H. The van der Waals surface area contributed by atoms with Crippen LogP contribution < -0.4 is 5.09 Å². The molecule has 1 N–H and O–H groups in total. The van der Waals surface area contributed by atoms with Crippen molar-refractivity contribution < 1.29 is 4.20 Å². The Labute approximate surface area is 50.8 Å². The number of nitriles is 1.